The molecule has 0 saturated heterocycles. The Morgan fingerprint density at radius 3 is 0.880 bits per heavy atom. The minimum absolute atomic E-state index is 0.379. The van der Waals surface area contributed by atoms with E-state index in [2.05, 4.69) is 198 Å². The van der Waals surface area contributed by atoms with Gasteiger partial charge in [0.2, 0.25) is 0 Å². The van der Waals surface area contributed by atoms with Crippen LogP contribution in [0.2, 0.25) is 0 Å². The highest BCUT2D eigenvalue weighted by Gasteiger charge is 2.24. The summed E-state index contributed by atoms with van der Waals surface area (Å²) in [7, 11) is 0. The topological polar surface area (TPSA) is 54.0 Å². The van der Waals surface area contributed by atoms with Crippen molar-refractivity contribution in [1.82, 2.24) is 0 Å². The zero-order valence-electron chi connectivity index (χ0n) is 41.6. The molecule has 0 saturated carbocycles. The SMILES string of the molecule is O=Cc1ccc(-c2cc3c(OCc4ccccc4)c(c2)Cc2cccc(c2OCc2ccccc2)Cc2cc(-c4ccc(Br)cc4)cc(c2OCc2ccccc2)Cc2cccc(c2OCc2ccccc2)C3)cc1. The maximum atomic E-state index is 11.9. The first kappa shape index (κ1) is 48.8. The molecule has 0 aliphatic heterocycles. The second-order valence-corrected chi connectivity index (χ2v) is 20.0. The second kappa shape index (κ2) is 23.2. The van der Waals surface area contributed by atoms with Gasteiger partial charge in [0.25, 0.3) is 0 Å². The van der Waals surface area contributed by atoms with E-state index in [1.807, 2.05) is 48.5 Å². The average molecular weight is 1040 g/mol. The Hall–Kier alpha value is -8.45. The molecule has 0 spiro atoms. The van der Waals surface area contributed by atoms with E-state index in [0.717, 1.165) is 123 Å². The van der Waals surface area contributed by atoms with E-state index in [1.165, 1.54) is 0 Å². The molecule has 10 aromatic carbocycles. The number of rotatable bonds is 15. The number of halogens is 1. The third-order valence-corrected chi connectivity index (χ3v) is 14.4. The predicted octanol–water partition coefficient (Wildman–Crippen LogP) is 16.6. The third kappa shape index (κ3) is 11.8. The van der Waals surface area contributed by atoms with Crippen LogP contribution in [-0.4, -0.2) is 6.29 Å². The van der Waals surface area contributed by atoms with Crippen molar-refractivity contribution in [3.63, 3.8) is 0 Å². The molecule has 1 aliphatic carbocycles. The van der Waals surface area contributed by atoms with E-state index >= 15 is 0 Å². The molecule has 0 amide bonds. The van der Waals surface area contributed by atoms with Crippen LogP contribution in [0.3, 0.4) is 0 Å². The molecule has 0 atom stereocenters. The molecule has 0 fully saturated rings. The number of benzene rings is 10. The monoisotopic (exact) mass is 1040 g/mol. The van der Waals surface area contributed by atoms with Crippen LogP contribution in [0.1, 0.15) is 77.1 Å². The summed E-state index contributed by atoms with van der Waals surface area (Å²) < 4.78 is 29.6. The fraction of sp³-hybridized carbons (Fsp3) is 0.116. The van der Waals surface area contributed by atoms with Crippen LogP contribution >= 0.6 is 15.9 Å². The lowest BCUT2D eigenvalue weighted by Crippen LogP contribution is -2.10. The Morgan fingerprint density at radius 2 is 0.587 bits per heavy atom. The van der Waals surface area contributed by atoms with Gasteiger partial charge in [-0.1, -0.05) is 210 Å². The molecule has 0 unspecified atom stereocenters. The molecule has 0 radical (unpaired) electrons. The molecule has 368 valence electrons. The van der Waals surface area contributed by atoms with E-state index in [0.29, 0.717) is 57.7 Å². The normalized spacial score (nSPS) is 11.9. The molecule has 1 aliphatic rings. The number of hydrogen-bond donors (Lipinski definition) is 0. The zero-order valence-corrected chi connectivity index (χ0v) is 43.2. The molecule has 0 heterocycles. The molecule has 5 nitrogen and oxygen atoms in total. The minimum Gasteiger partial charge on any atom is -0.488 e. The van der Waals surface area contributed by atoms with E-state index in [9.17, 15) is 4.79 Å². The number of para-hydroxylation sites is 2. The molecular formula is C69H55BrO5. The van der Waals surface area contributed by atoms with Gasteiger partial charge in [0, 0.05) is 35.7 Å². The van der Waals surface area contributed by atoms with Gasteiger partial charge >= 0.3 is 0 Å². The van der Waals surface area contributed by atoms with Crippen LogP contribution in [-0.2, 0) is 52.1 Å². The van der Waals surface area contributed by atoms with Crippen LogP contribution in [0.25, 0.3) is 22.3 Å². The van der Waals surface area contributed by atoms with E-state index in [4.69, 9.17) is 18.9 Å². The Morgan fingerprint density at radius 1 is 0.307 bits per heavy atom. The standard InChI is InChI=1S/C69H55BrO5/c70-65-33-31-54(32-34-65)60-41-63-37-57-25-13-23-55(66(57)72-44-49-15-5-1-6-16-49)35-61-39-59(53-29-27-48(43-71)28-30-53)40-62(68(61)74-46-51-19-9-3-10-20-51)36-56-24-14-26-58(67(56)73-45-50-17-7-2-8-18-50)38-64(42-60)69(63)75-47-52-21-11-4-12-22-52/h1-34,39-43H,35-38,44-47H2. The van der Waals surface area contributed by atoms with Crippen LogP contribution in [0.5, 0.6) is 23.0 Å². The van der Waals surface area contributed by atoms with E-state index in [1.54, 1.807) is 0 Å². The number of fused-ring (bicyclic) bond motifs is 8. The summed E-state index contributed by atoms with van der Waals surface area (Å²) >= 11 is 3.69. The molecule has 0 N–H and O–H groups in total. The number of ether oxygens (including phenoxy) is 4. The minimum atomic E-state index is 0.379. The summed E-state index contributed by atoms with van der Waals surface area (Å²) in [6, 6.07) is 80.0. The fourth-order valence-electron chi connectivity index (χ4n) is 10.1. The molecular weight excluding hydrogens is 989 g/mol. The van der Waals surface area contributed by atoms with E-state index < -0.39 is 0 Å². The zero-order chi connectivity index (χ0) is 50.8. The molecule has 6 heteroatoms. The van der Waals surface area contributed by atoms with E-state index in [-0.39, 0.29) is 0 Å². The van der Waals surface area contributed by atoms with Gasteiger partial charge in [0.05, 0.1) is 0 Å². The molecule has 8 bridgehead atoms. The van der Waals surface area contributed by atoms with Gasteiger partial charge in [-0.25, -0.2) is 0 Å². The fourth-order valence-corrected chi connectivity index (χ4v) is 10.3. The molecule has 75 heavy (non-hydrogen) atoms. The highest BCUT2D eigenvalue weighted by Crippen LogP contribution is 2.43. The number of hydrogen-bond acceptors (Lipinski definition) is 5. The second-order valence-electron chi connectivity index (χ2n) is 19.1. The third-order valence-electron chi connectivity index (χ3n) is 13.8. The largest absolute Gasteiger partial charge is 0.488 e. The van der Waals surface area contributed by atoms with Gasteiger partial charge in [-0.2, -0.15) is 0 Å². The smallest absolute Gasteiger partial charge is 0.150 e. The van der Waals surface area contributed by atoms with Crippen molar-refractivity contribution in [2.45, 2.75) is 52.1 Å². The number of aldehydes is 1. The van der Waals surface area contributed by atoms with Crippen molar-refractivity contribution >= 4 is 22.2 Å². The Balaban J connectivity index is 1.16. The van der Waals surface area contributed by atoms with Gasteiger partial charge in [-0.3, -0.25) is 4.79 Å². The first-order chi connectivity index (χ1) is 37.0. The van der Waals surface area contributed by atoms with Crippen molar-refractivity contribution < 1.29 is 23.7 Å². The Bertz CT molecular complexity index is 3400. The Labute approximate surface area is 448 Å². The maximum absolute atomic E-state index is 11.9. The van der Waals surface area contributed by atoms with Crippen LogP contribution in [0, 0.1) is 0 Å². The summed E-state index contributed by atoms with van der Waals surface area (Å²) in [5, 5.41) is 0. The summed E-state index contributed by atoms with van der Waals surface area (Å²) in [5.74, 6) is 3.32. The summed E-state index contributed by atoms with van der Waals surface area (Å²) in [6.07, 6.45) is 2.97. The van der Waals surface area contributed by atoms with Crippen LogP contribution in [0.15, 0.2) is 235 Å². The highest BCUT2D eigenvalue weighted by molar-refractivity contribution is 9.10. The first-order valence-electron chi connectivity index (χ1n) is 25.5. The van der Waals surface area contributed by atoms with Gasteiger partial charge in [-0.15, -0.1) is 0 Å². The quantitative estimate of drug-likeness (QED) is 0.0958. The lowest BCUT2D eigenvalue weighted by Gasteiger charge is -2.24. The predicted molar refractivity (Wildman–Crippen MR) is 304 cm³/mol. The van der Waals surface area contributed by atoms with Gasteiger partial charge in [0.1, 0.15) is 55.7 Å². The van der Waals surface area contributed by atoms with Crippen molar-refractivity contribution in [2.24, 2.45) is 0 Å². The summed E-state index contributed by atoms with van der Waals surface area (Å²) in [4.78, 5) is 11.9. The summed E-state index contributed by atoms with van der Waals surface area (Å²) in [5.41, 5.74) is 17.4. The van der Waals surface area contributed by atoms with Gasteiger partial charge in [0.15, 0.2) is 0 Å². The number of carbonyl (C=O) groups is 1. The van der Waals surface area contributed by atoms with Crippen molar-refractivity contribution in [3.05, 3.63) is 307 Å². The van der Waals surface area contributed by atoms with Crippen LogP contribution < -0.4 is 18.9 Å². The summed E-state index contributed by atoms with van der Waals surface area (Å²) in [6.45, 7) is 1.55. The highest BCUT2D eigenvalue weighted by atomic mass is 79.9. The Kier molecular flexibility index (Phi) is 15.1. The number of carbonyl (C=O) groups excluding carboxylic acids is 1. The lowest BCUT2D eigenvalue weighted by molar-refractivity contribution is 0.112. The molecule has 11 rings (SSSR count). The average Bonchev–Trinajstić information content (AvgIpc) is 3.45. The van der Waals surface area contributed by atoms with Crippen molar-refractivity contribution in [2.75, 3.05) is 0 Å². The molecule has 0 aromatic heterocycles. The van der Waals surface area contributed by atoms with Crippen molar-refractivity contribution in [1.29, 1.82) is 0 Å². The van der Waals surface area contributed by atoms with Gasteiger partial charge < -0.3 is 18.9 Å². The van der Waals surface area contributed by atoms with Gasteiger partial charge in [-0.05, 0) is 125 Å². The van der Waals surface area contributed by atoms with Crippen molar-refractivity contribution in [3.8, 4) is 45.3 Å². The first-order valence-corrected chi connectivity index (χ1v) is 26.3. The lowest BCUT2D eigenvalue weighted by atomic mass is 9.88. The molecule has 10 aromatic rings. The van der Waals surface area contributed by atoms with Crippen LogP contribution in [0.4, 0.5) is 0 Å². The maximum Gasteiger partial charge on any atom is 0.150 e.